The van der Waals surface area contributed by atoms with E-state index in [1.165, 1.54) is 0 Å². The van der Waals surface area contributed by atoms with Crippen LogP contribution in [0.25, 0.3) is 21.3 Å². The lowest BCUT2D eigenvalue weighted by Gasteiger charge is -2.09. The molecule has 1 aromatic carbocycles. The molecule has 0 unspecified atom stereocenters. The Hall–Kier alpha value is -2.47. The molecule has 0 aliphatic heterocycles. The van der Waals surface area contributed by atoms with Crippen molar-refractivity contribution >= 4 is 33.3 Å². The summed E-state index contributed by atoms with van der Waals surface area (Å²) in [6.07, 6.45) is 2.99. The largest absolute Gasteiger partial charge is 0.369 e. The van der Waals surface area contributed by atoms with E-state index in [9.17, 15) is 4.79 Å². The Labute approximate surface area is 157 Å². The van der Waals surface area contributed by atoms with Crippen LogP contribution in [0, 0.1) is 5.92 Å². The van der Waals surface area contributed by atoms with Crippen LogP contribution in [0.1, 0.15) is 26.7 Å². The topological polar surface area (TPSA) is 66.9 Å². The van der Waals surface area contributed by atoms with E-state index in [2.05, 4.69) is 52.0 Å². The van der Waals surface area contributed by atoms with Gasteiger partial charge in [0.15, 0.2) is 0 Å². The maximum atomic E-state index is 11.9. The fourth-order valence-corrected chi connectivity index (χ4v) is 3.64. The zero-order chi connectivity index (χ0) is 18.4. The van der Waals surface area contributed by atoms with Gasteiger partial charge in [-0.05, 0) is 17.9 Å². The van der Waals surface area contributed by atoms with Crippen molar-refractivity contribution < 1.29 is 4.79 Å². The van der Waals surface area contributed by atoms with Crippen LogP contribution in [-0.4, -0.2) is 29.0 Å². The zero-order valence-electron chi connectivity index (χ0n) is 15.2. The van der Waals surface area contributed by atoms with Crippen LogP contribution >= 0.6 is 11.3 Å². The number of benzene rings is 1. The quantitative estimate of drug-likeness (QED) is 0.621. The van der Waals surface area contributed by atoms with E-state index in [4.69, 9.17) is 0 Å². The Kier molecular flexibility index (Phi) is 6.17. The summed E-state index contributed by atoms with van der Waals surface area (Å²) in [6, 6.07) is 10.2. The Morgan fingerprint density at radius 1 is 1.15 bits per heavy atom. The fraction of sp³-hybridized carbons (Fsp3) is 0.350. The number of nitrogens with one attached hydrogen (secondary N) is 2. The average Bonchev–Trinajstić information content (AvgIpc) is 3.07. The summed E-state index contributed by atoms with van der Waals surface area (Å²) < 4.78 is 0. The van der Waals surface area contributed by atoms with Crippen molar-refractivity contribution in [1.82, 2.24) is 15.3 Å². The van der Waals surface area contributed by atoms with Crippen molar-refractivity contribution in [2.75, 3.05) is 18.4 Å². The fourth-order valence-electron chi connectivity index (χ4n) is 2.72. The number of thiophene rings is 1. The molecule has 6 heteroatoms. The molecule has 3 aromatic rings. The molecule has 0 aliphatic rings. The van der Waals surface area contributed by atoms with Crippen LogP contribution in [0.4, 0.5) is 5.82 Å². The van der Waals surface area contributed by atoms with Crippen LogP contribution in [0.2, 0.25) is 0 Å². The summed E-state index contributed by atoms with van der Waals surface area (Å²) in [4.78, 5) is 21.7. The smallest absolute Gasteiger partial charge is 0.221 e. The van der Waals surface area contributed by atoms with Crippen LogP contribution < -0.4 is 10.6 Å². The van der Waals surface area contributed by atoms with Crippen molar-refractivity contribution in [2.45, 2.75) is 26.7 Å². The highest BCUT2D eigenvalue weighted by Crippen LogP contribution is 2.36. The van der Waals surface area contributed by atoms with Gasteiger partial charge in [0.25, 0.3) is 0 Å². The highest BCUT2D eigenvalue weighted by atomic mass is 32.1. The molecule has 0 radical (unpaired) electrons. The lowest BCUT2D eigenvalue weighted by Crippen LogP contribution is -2.27. The van der Waals surface area contributed by atoms with Crippen molar-refractivity contribution in [1.29, 1.82) is 0 Å². The minimum absolute atomic E-state index is 0.0667. The van der Waals surface area contributed by atoms with Gasteiger partial charge in [-0.2, -0.15) is 0 Å². The molecule has 1 amide bonds. The van der Waals surface area contributed by atoms with E-state index < -0.39 is 0 Å². The first-order valence-corrected chi connectivity index (χ1v) is 9.81. The molecular weight excluding hydrogens is 344 g/mol. The summed E-state index contributed by atoms with van der Waals surface area (Å²) in [5, 5.41) is 9.40. The minimum Gasteiger partial charge on any atom is -0.369 e. The number of hydrogen-bond donors (Lipinski definition) is 2. The van der Waals surface area contributed by atoms with Gasteiger partial charge in [-0.25, -0.2) is 9.97 Å². The first-order valence-electron chi connectivity index (χ1n) is 8.93. The molecule has 2 N–H and O–H groups in total. The predicted molar refractivity (Wildman–Crippen MR) is 108 cm³/mol. The number of aromatic nitrogens is 2. The monoisotopic (exact) mass is 368 g/mol. The molecule has 0 fully saturated rings. The van der Waals surface area contributed by atoms with Gasteiger partial charge in [-0.15, -0.1) is 11.3 Å². The molecule has 3 rings (SSSR count). The highest BCUT2D eigenvalue weighted by Gasteiger charge is 2.13. The first kappa shape index (κ1) is 18.3. The van der Waals surface area contributed by atoms with E-state index in [0.29, 0.717) is 18.9 Å². The second kappa shape index (κ2) is 8.76. The van der Waals surface area contributed by atoms with Crippen LogP contribution in [0.15, 0.2) is 42.0 Å². The number of anilines is 1. The van der Waals surface area contributed by atoms with Crippen LogP contribution in [0.5, 0.6) is 0 Å². The van der Waals surface area contributed by atoms with Crippen LogP contribution in [-0.2, 0) is 4.79 Å². The molecule has 0 spiro atoms. The second-order valence-corrected chi connectivity index (χ2v) is 7.49. The van der Waals surface area contributed by atoms with E-state index in [-0.39, 0.29) is 5.91 Å². The van der Waals surface area contributed by atoms with Crippen molar-refractivity contribution in [2.24, 2.45) is 5.92 Å². The molecule has 5 nitrogen and oxygen atoms in total. The van der Waals surface area contributed by atoms with E-state index in [0.717, 1.165) is 40.1 Å². The van der Waals surface area contributed by atoms with Crippen molar-refractivity contribution in [3.8, 4) is 11.1 Å². The normalized spacial score (nSPS) is 11.0. The maximum Gasteiger partial charge on any atom is 0.221 e. The van der Waals surface area contributed by atoms with Gasteiger partial charge in [0.05, 0.1) is 5.39 Å². The SMILES string of the molecule is CC(C)CCNC(=O)CCNc1ncnc2scc(-c3ccccc3)c12. The Bertz CT molecular complexity index is 861. The molecule has 136 valence electrons. The third-order valence-corrected chi connectivity index (χ3v) is 5.03. The highest BCUT2D eigenvalue weighted by molar-refractivity contribution is 7.17. The van der Waals surface area contributed by atoms with Gasteiger partial charge >= 0.3 is 0 Å². The second-order valence-electron chi connectivity index (χ2n) is 6.63. The number of amides is 1. The zero-order valence-corrected chi connectivity index (χ0v) is 16.0. The molecule has 2 heterocycles. The van der Waals surface area contributed by atoms with E-state index in [1.54, 1.807) is 17.7 Å². The first-order chi connectivity index (χ1) is 12.6. The summed E-state index contributed by atoms with van der Waals surface area (Å²) >= 11 is 1.61. The van der Waals surface area contributed by atoms with Crippen LogP contribution in [0.3, 0.4) is 0 Å². The van der Waals surface area contributed by atoms with Gasteiger partial charge < -0.3 is 10.6 Å². The van der Waals surface area contributed by atoms with Gasteiger partial charge in [-0.1, -0.05) is 44.2 Å². The lowest BCUT2D eigenvalue weighted by atomic mass is 10.1. The number of nitrogens with zero attached hydrogens (tertiary/aromatic N) is 2. The third-order valence-electron chi connectivity index (χ3n) is 4.14. The number of hydrogen-bond acceptors (Lipinski definition) is 5. The summed E-state index contributed by atoms with van der Waals surface area (Å²) in [7, 11) is 0. The van der Waals surface area contributed by atoms with Gasteiger partial charge in [-0.3, -0.25) is 4.79 Å². The van der Waals surface area contributed by atoms with E-state index >= 15 is 0 Å². The Morgan fingerprint density at radius 3 is 2.73 bits per heavy atom. The molecule has 0 atom stereocenters. The van der Waals surface area contributed by atoms with Gasteiger partial charge in [0, 0.05) is 30.5 Å². The standard InChI is InChI=1S/C20H24N4OS/c1-14(2)8-10-21-17(25)9-11-22-19-18-16(15-6-4-3-5-7-15)12-26-20(18)24-13-23-19/h3-7,12-14H,8-11H2,1-2H3,(H,21,25)(H,22,23,24). The number of carbonyl (C=O) groups is 1. The summed E-state index contributed by atoms with van der Waals surface area (Å²) in [5.41, 5.74) is 2.26. The lowest BCUT2D eigenvalue weighted by molar-refractivity contribution is -0.120. The van der Waals surface area contributed by atoms with Gasteiger partial charge in [0.2, 0.25) is 5.91 Å². The molecule has 0 saturated heterocycles. The molecule has 0 bridgehead atoms. The Balaban J connectivity index is 1.67. The summed E-state index contributed by atoms with van der Waals surface area (Å²) in [5.74, 6) is 1.44. The van der Waals surface area contributed by atoms with Crippen molar-refractivity contribution in [3.05, 3.63) is 42.0 Å². The maximum absolute atomic E-state index is 11.9. The minimum atomic E-state index is 0.0667. The molecule has 2 aromatic heterocycles. The van der Waals surface area contributed by atoms with E-state index in [1.807, 2.05) is 18.2 Å². The number of carbonyl (C=O) groups excluding carboxylic acids is 1. The third kappa shape index (κ3) is 4.58. The molecule has 0 saturated carbocycles. The molecular formula is C20H24N4OS. The number of rotatable bonds is 8. The average molecular weight is 369 g/mol. The Morgan fingerprint density at radius 2 is 1.96 bits per heavy atom. The summed E-state index contributed by atoms with van der Waals surface area (Å²) in [6.45, 7) is 5.58. The van der Waals surface area contributed by atoms with Crippen molar-refractivity contribution in [3.63, 3.8) is 0 Å². The molecule has 26 heavy (non-hydrogen) atoms. The predicted octanol–water partition coefficient (Wildman–Crippen LogP) is 4.32. The van der Waals surface area contributed by atoms with Gasteiger partial charge in [0.1, 0.15) is 17.0 Å². The molecule has 0 aliphatic carbocycles. The number of fused-ring (bicyclic) bond motifs is 1.